The number of carbonyl (C=O) groups is 1. The monoisotopic (exact) mass is 354 g/mol. The Bertz CT molecular complexity index is 911. The zero-order chi connectivity index (χ0) is 17.8. The van der Waals surface area contributed by atoms with Gasteiger partial charge in [0, 0.05) is 16.1 Å². The molecule has 0 aliphatic carbocycles. The lowest BCUT2D eigenvalue weighted by molar-refractivity contribution is -0.123. The molecular formula is C20H19ClN2O2. The number of halogens is 1. The highest BCUT2D eigenvalue weighted by molar-refractivity contribution is 6.30. The van der Waals surface area contributed by atoms with Gasteiger partial charge >= 0.3 is 0 Å². The van der Waals surface area contributed by atoms with Crippen molar-refractivity contribution >= 4 is 28.4 Å². The predicted octanol–water partition coefficient (Wildman–Crippen LogP) is 4.45. The van der Waals surface area contributed by atoms with Crippen LogP contribution in [0.15, 0.2) is 54.6 Å². The normalized spacial score (nSPS) is 12.0. The number of amides is 1. The van der Waals surface area contributed by atoms with Gasteiger partial charge in [0.05, 0.1) is 6.04 Å². The summed E-state index contributed by atoms with van der Waals surface area (Å²) in [7, 11) is 0. The van der Waals surface area contributed by atoms with Crippen molar-refractivity contribution in [3.05, 3.63) is 70.9 Å². The van der Waals surface area contributed by atoms with Crippen LogP contribution in [0.1, 0.15) is 24.2 Å². The van der Waals surface area contributed by atoms with Crippen LogP contribution in [0, 0.1) is 6.92 Å². The highest BCUT2D eigenvalue weighted by atomic mass is 35.5. The van der Waals surface area contributed by atoms with Gasteiger partial charge in [0.1, 0.15) is 11.3 Å². The predicted molar refractivity (Wildman–Crippen MR) is 100.0 cm³/mol. The summed E-state index contributed by atoms with van der Waals surface area (Å²) in [6.45, 7) is 3.77. The molecule has 5 heteroatoms. The fourth-order valence-electron chi connectivity index (χ4n) is 2.62. The van der Waals surface area contributed by atoms with Gasteiger partial charge in [0.25, 0.3) is 5.91 Å². The average molecular weight is 355 g/mol. The van der Waals surface area contributed by atoms with Gasteiger partial charge in [-0.1, -0.05) is 41.9 Å². The first-order valence-electron chi connectivity index (χ1n) is 8.07. The van der Waals surface area contributed by atoms with E-state index in [4.69, 9.17) is 16.3 Å². The Morgan fingerprint density at radius 3 is 2.80 bits per heavy atom. The Morgan fingerprint density at radius 2 is 2.00 bits per heavy atom. The van der Waals surface area contributed by atoms with E-state index < -0.39 is 0 Å². The number of nitrogens with zero attached hydrogens (tertiary/aromatic N) is 1. The molecule has 0 saturated heterocycles. The molecule has 1 amide bonds. The van der Waals surface area contributed by atoms with E-state index in [1.54, 1.807) is 6.07 Å². The molecule has 0 fully saturated rings. The van der Waals surface area contributed by atoms with E-state index >= 15 is 0 Å². The largest absolute Gasteiger partial charge is 0.481 e. The van der Waals surface area contributed by atoms with Crippen molar-refractivity contribution in [1.82, 2.24) is 10.3 Å². The van der Waals surface area contributed by atoms with Gasteiger partial charge in [0.15, 0.2) is 6.61 Å². The first-order valence-corrected chi connectivity index (χ1v) is 8.45. The number of ether oxygens (including phenoxy) is 1. The van der Waals surface area contributed by atoms with Crippen molar-refractivity contribution in [2.45, 2.75) is 19.9 Å². The van der Waals surface area contributed by atoms with E-state index in [2.05, 4.69) is 10.3 Å². The summed E-state index contributed by atoms with van der Waals surface area (Å²) in [6, 6.07) is 16.9. The molecule has 2 aromatic carbocycles. The fourth-order valence-corrected chi connectivity index (χ4v) is 2.82. The lowest BCUT2D eigenvalue weighted by Gasteiger charge is -2.15. The van der Waals surface area contributed by atoms with Crippen LogP contribution in [0.2, 0.25) is 5.02 Å². The van der Waals surface area contributed by atoms with Crippen molar-refractivity contribution in [3.8, 4) is 5.75 Å². The highest BCUT2D eigenvalue weighted by Crippen LogP contribution is 2.24. The molecule has 0 saturated carbocycles. The van der Waals surface area contributed by atoms with Gasteiger partial charge in [-0.3, -0.25) is 4.79 Å². The fraction of sp³-hybridized carbons (Fsp3) is 0.200. The number of aromatic nitrogens is 1. The molecule has 1 atom stereocenters. The number of para-hydroxylation sites is 1. The van der Waals surface area contributed by atoms with Gasteiger partial charge < -0.3 is 10.1 Å². The third kappa shape index (κ3) is 4.28. The highest BCUT2D eigenvalue weighted by Gasteiger charge is 2.12. The molecular weight excluding hydrogens is 336 g/mol. The maximum Gasteiger partial charge on any atom is 0.258 e. The number of fused-ring (bicyclic) bond motifs is 1. The Kier molecular flexibility index (Phi) is 5.19. The molecule has 1 unspecified atom stereocenters. The van der Waals surface area contributed by atoms with Crippen LogP contribution in [0.3, 0.4) is 0 Å². The number of benzene rings is 2. The second kappa shape index (κ2) is 7.53. The number of pyridine rings is 1. The molecule has 1 N–H and O–H groups in total. The summed E-state index contributed by atoms with van der Waals surface area (Å²) in [4.78, 5) is 16.7. The van der Waals surface area contributed by atoms with Gasteiger partial charge in [-0.05, 0) is 43.7 Å². The standard InChI is InChI=1S/C20H19ClN2O2/c1-13-9-10-15-5-4-8-18(20(15)22-13)25-12-19(24)23-14(2)16-6-3-7-17(21)11-16/h3-11,14H,12H2,1-2H3,(H,23,24). The molecule has 3 aromatic rings. The zero-order valence-corrected chi connectivity index (χ0v) is 14.9. The first-order chi connectivity index (χ1) is 12.0. The molecule has 0 radical (unpaired) electrons. The van der Waals surface area contributed by atoms with Crippen LogP contribution >= 0.6 is 11.6 Å². The molecule has 1 aromatic heterocycles. The van der Waals surface area contributed by atoms with E-state index in [0.717, 1.165) is 22.2 Å². The van der Waals surface area contributed by atoms with E-state index in [9.17, 15) is 4.79 Å². The first kappa shape index (κ1) is 17.2. The Balaban J connectivity index is 1.65. The van der Waals surface area contributed by atoms with Crippen LogP contribution in [0.25, 0.3) is 10.9 Å². The third-order valence-electron chi connectivity index (χ3n) is 3.91. The summed E-state index contributed by atoms with van der Waals surface area (Å²) in [5, 5.41) is 4.54. The van der Waals surface area contributed by atoms with Gasteiger partial charge in [-0.2, -0.15) is 0 Å². The number of hydrogen-bond donors (Lipinski definition) is 1. The van der Waals surface area contributed by atoms with Crippen LogP contribution in [-0.4, -0.2) is 17.5 Å². The summed E-state index contributed by atoms with van der Waals surface area (Å²) in [6.07, 6.45) is 0. The van der Waals surface area contributed by atoms with Crippen molar-refractivity contribution in [2.24, 2.45) is 0 Å². The summed E-state index contributed by atoms with van der Waals surface area (Å²) < 4.78 is 5.70. The van der Waals surface area contributed by atoms with Crippen molar-refractivity contribution < 1.29 is 9.53 Å². The third-order valence-corrected chi connectivity index (χ3v) is 4.14. The maximum absolute atomic E-state index is 12.2. The van der Waals surface area contributed by atoms with Crippen molar-refractivity contribution in [1.29, 1.82) is 0 Å². The molecule has 0 aliphatic rings. The lowest BCUT2D eigenvalue weighted by atomic mass is 10.1. The SMILES string of the molecule is Cc1ccc2cccc(OCC(=O)NC(C)c3cccc(Cl)c3)c2n1. The quantitative estimate of drug-likeness (QED) is 0.736. The number of nitrogens with one attached hydrogen (secondary N) is 1. The van der Waals surface area contributed by atoms with Crippen LogP contribution in [-0.2, 0) is 4.79 Å². The van der Waals surface area contributed by atoms with Gasteiger partial charge in [-0.25, -0.2) is 4.98 Å². The molecule has 4 nitrogen and oxygen atoms in total. The molecule has 128 valence electrons. The minimum absolute atomic E-state index is 0.0698. The maximum atomic E-state index is 12.2. The summed E-state index contributed by atoms with van der Waals surface area (Å²) >= 11 is 5.99. The van der Waals surface area contributed by atoms with E-state index in [0.29, 0.717) is 10.8 Å². The molecule has 0 spiro atoms. The average Bonchev–Trinajstić information content (AvgIpc) is 2.60. The molecule has 25 heavy (non-hydrogen) atoms. The van der Waals surface area contributed by atoms with Gasteiger partial charge in [-0.15, -0.1) is 0 Å². The van der Waals surface area contributed by atoms with E-state index in [1.165, 1.54) is 0 Å². The molecule has 0 bridgehead atoms. The minimum atomic E-state index is -0.197. The smallest absolute Gasteiger partial charge is 0.258 e. The van der Waals surface area contributed by atoms with Gasteiger partial charge in [0.2, 0.25) is 0 Å². The Morgan fingerprint density at radius 1 is 1.20 bits per heavy atom. The zero-order valence-electron chi connectivity index (χ0n) is 14.1. The lowest BCUT2D eigenvalue weighted by Crippen LogP contribution is -2.31. The Labute approximate surface area is 151 Å². The number of aryl methyl sites for hydroxylation is 1. The van der Waals surface area contributed by atoms with E-state index in [1.807, 2.05) is 62.4 Å². The van der Waals surface area contributed by atoms with Crippen LogP contribution in [0.4, 0.5) is 0 Å². The minimum Gasteiger partial charge on any atom is -0.481 e. The molecule has 1 heterocycles. The number of carbonyl (C=O) groups excluding carboxylic acids is 1. The number of rotatable bonds is 5. The Hall–Kier alpha value is -2.59. The van der Waals surface area contributed by atoms with Crippen LogP contribution in [0.5, 0.6) is 5.75 Å². The van der Waals surface area contributed by atoms with Crippen LogP contribution < -0.4 is 10.1 Å². The second-order valence-electron chi connectivity index (χ2n) is 5.91. The summed E-state index contributed by atoms with van der Waals surface area (Å²) in [5.74, 6) is 0.406. The molecule has 3 rings (SSSR count). The molecule has 0 aliphatic heterocycles. The van der Waals surface area contributed by atoms with Crippen molar-refractivity contribution in [2.75, 3.05) is 6.61 Å². The number of hydrogen-bond acceptors (Lipinski definition) is 3. The van der Waals surface area contributed by atoms with Crippen molar-refractivity contribution in [3.63, 3.8) is 0 Å². The second-order valence-corrected chi connectivity index (χ2v) is 6.35. The summed E-state index contributed by atoms with van der Waals surface area (Å²) in [5.41, 5.74) is 2.61. The topological polar surface area (TPSA) is 51.2 Å². The van der Waals surface area contributed by atoms with E-state index in [-0.39, 0.29) is 18.6 Å².